The molecule has 0 saturated carbocycles. The molecule has 0 bridgehead atoms. The van der Waals surface area contributed by atoms with Crippen LogP contribution in [0.25, 0.3) is 66.5 Å². The first-order chi connectivity index (χ1) is 42.6. The van der Waals surface area contributed by atoms with E-state index in [4.69, 9.17) is 35.9 Å². The Morgan fingerprint density at radius 2 is 0.889 bits per heavy atom. The van der Waals surface area contributed by atoms with Crippen molar-refractivity contribution >= 4 is 114 Å². The third-order valence-corrected chi connectivity index (χ3v) is 14.7. The number of aromatic nitrogens is 3. The topological polar surface area (TPSA) is 251 Å². The number of rotatable bonds is 10. The van der Waals surface area contributed by atoms with Crippen LogP contribution in [0.2, 0.25) is 0 Å². The van der Waals surface area contributed by atoms with E-state index in [0.29, 0.717) is 27.9 Å². The molecule has 8 N–H and O–H groups in total. The molecule has 2 amide bonds. The third-order valence-electron chi connectivity index (χ3n) is 14.3. The normalized spacial score (nSPS) is 10.1. The van der Waals surface area contributed by atoms with E-state index in [1.165, 1.54) is 11.1 Å². The van der Waals surface area contributed by atoms with E-state index in [1.54, 1.807) is 48.5 Å². The number of anilines is 3. The minimum absolute atomic E-state index is 0. The maximum absolute atomic E-state index is 12.3. The summed E-state index contributed by atoms with van der Waals surface area (Å²) >= 11 is 14.5. The number of benzene rings is 8. The summed E-state index contributed by atoms with van der Waals surface area (Å²) in [6.45, 7) is 14.8. The average Bonchev–Trinajstić information content (AvgIpc) is 1.65. The Hall–Kier alpha value is -9.87. The van der Waals surface area contributed by atoms with Gasteiger partial charge in [-0.15, -0.1) is 0 Å². The van der Waals surface area contributed by atoms with Crippen molar-refractivity contribution in [2.24, 2.45) is 10.7 Å². The van der Waals surface area contributed by atoms with Crippen LogP contribution in [0.5, 0.6) is 0 Å². The Morgan fingerprint density at radius 3 is 1.26 bits per heavy atom. The van der Waals surface area contributed by atoms with Gasteiger partial charge < -0.3 is 41.3 Å². The monoisotopic (exact) mass is 1250 g/mol. The van der Waals surface area contributed by atoms with Gasteiger partial charge in [-0.2, -0.15) is 20.8 Å². The predicted molar refractivity (Wildman–Crippen MR) is 370 cm³/mol. The van der Waals surface area contributed by atoms with Crippen LogP contribution in [0.3, 0.4) is 0 Å². The molecule has 0 aliphatic rings. The number of nitriles is 3. The van der Waals surface area contributed by atoms with E-state index < -0.39 is 0 Å². The van der Waals surface area contributed by atoms with Crippen molar-refractivity contribution in [3.63, 3.8) is 0 Å². The van der Waals surface area contributed by atoms with Gasteiger partial charge in [-0.3, -0.25) is 14.9 Å². The van der Waals surface area contributed by atoms with Crippen molar-refractivity contribution in [1.82, 2.24) is 19.0 Å². The number of carbonyl (C=O) groups is 2. The Bertz CT molecular complexity index is 4640. The third kappa shape index (κ3) is 16.1. The quantitative estimate of drug-likeness (QED) is 0.0370. The van der Waals surface area contributed by atoms with E-state index in [-0.39, 0.29) is 57.1 Å². The van der Waals surface area contributed by atoms with Crippen molar-refractivity contribution in [2.45, 2.75) is 61.2 Å². The minimum atomic E-state index is -0.347. The van der Waals surface area contributed by atoms with E-state index in [9.17, 15) is 25.4 Å². The summed E-state index contributed by atoms with van der Waals surface area (Å²) in [4.78, 5) is 26.6. The second-order valence-corrected chi connectivity index (χ2v) is 21.3. The molecule has 0 spiro atoms. The summed E-state index contributed by atoms with van der Waals surface area (Å²) in [5.41, 5.74) is 29.2. The molecule has 0 unspecified atom stereocenters. The number of thiocarbonyl (C=S) groups is 3. The number of aryl methyl sites for hydroxylation is 6. The molecule has 15 nitrogen and oxygen atoms in total. The molecule has 90 heavy (non-hydrogen) atoms. The number of isothiocyanates is 1. The van der Waals surface area contributed by atoms with Gasteiger partial charge >= 0.3 is 29.6 Å². The number of aliphatic imine (C=N–C) groups is 1. The Balaban J connectivity index is 0.000000199. The number of hydrogen-bond acceptors (Lipinski definition) is 10. The second kappa shape index (κ2) is 32.4. The van der Waals surface area contributed by atoms with Gasteiger partial charge in [0.15, 0.2) is 10.2 Å². The fourth-order valence-electron chi connectivity index (χ4n) is 10.5. The molecule has 0 saturated heterocycles. The molecule has 0 aliphatic heterocycles. The zero-order chi connectivity index (χ0) is 63.0. The van der Waals surface area contributed by atoms with Crippen LogP contribution in [-0.2, 0) is 19.6 Å². The summed E-state index contributed by atoms with van der Waals surface area (Å²) in [5, 5.41) is 43.4. The number of nitrogens with zero attached hydrogens (tertiary/aromatic N) is 7. The molecular weight excluding hydrogens is 1190 g/mol. The number of hydrogen-bond donors (Lipinski definition) is 5. The maximum atomic E-state index is 12.3. The van der Waals surface area contributed by atoms with Gasteiger partial charge in [0.25, 0.3) is 11.8 Å². The molecule has 11 rings (SSSR count). The molecule has 0 aliphatic carbocycles. The first-order valence-electron chi connectivity index (χ1n) is 28.1. The zero-order valence-corrected chi connectivity index (χ0v) is 55.2. The summed E-state index contributed by atoms with van der Waals surface area (Å²) < 4.78 is 6.53. The number of amides is 2. The molecule has 0 radical (unpaired) electrons. The molecule has 0 fully saturated rings. The van der Waals surface area contributed by atoms with Crippen molar-refractivity contribution in [3.05, 3.63) is 233 Å². The van der Waals surface area contributed by atoms with Gasteiger partial charge in [-0.05, 0) is 174 Å². The summed E-state index contributed by atoms with van der Waals surface area (Å²) in [5.74, 6) is -0.617. The molecule has 19 heteroatoms. The van der Waals surface area contributed by atoms with Gasteiger partial charge in [0.05, 0.1) is 55.5 Å². The Morgan fingerprint density at radius 1 is 0.511 bits per heavy atom. The van der Waals surface area contributed by atoms with Crippen molar-refractivity contribution in [1.29, 1.82) is 15.8 Å². The molecule has 444 valence electrons. The minimum Gasteiger partial charge on any atom is -0.870 e. The number of fused-ring (bicyclic) bond motifs is 3. The first kappa shape index (κ1) is 69.2. The van der Waals surface area contributed by atoms with Crippen LogP contribution in [0.4, 0.5) is 17.1 Å². The Kier molecular flexibility index (Phi) is 24.9. The van der Waals surface area contributed by atoms with Crippen LogP contribution in [0.15, 0.2) is 193 Å². The first-order valence-corrected chi connectivity index (χ1v) is 29.4. The van der Waals surface area contributed by atoms with Crippen LogP contribution in [0, 0.1) is 54.8 Å². The molecular formula is C71H63N12NaO3S3. The Labute approximate surface area is 561 Å². The molecule has 3 heterocycles. The summed E-state index contributed by atoms with van der Waals surface area (Å²) in [6, 6.07) is 66.5. The van der Waals surface area contributed by atoms with Crippen LogP contribution >= 0.6 is 36.7 Å². The number of nitrogens with one attached hydrogen (secondary N) is 3. The SMILES string of the molecule is CCn1c(-c2cccc(N)c2)c(C#N)c2ccc(C)cc21.CCn1c(-c2cccc(NC(=S)NC(=O)c3ccccc3)c2)c(C#N)c2ccc(C)cc21.CCn1c(-c2cccc(NC(N)=S)c2)c(C#N)c2ccc(C)cc21.O=C(N=C=S)c1ccccc1.[Na+].[OH-]. The van der Waals surface area contributed by atoms with Crippen molar-refractivity contribution < 1.29 is 44.6 Å². The summed E-state index contributed by atoms with van der Waals surface area (Å²) in [6.07, 6.45) is 0. The van der Waals surface area contributed by atoms with Gasteiger partial charge in [0, 0.05) is 80.7 Å². The van der Waals surface area contributed by atoms with Crippen molar-refractivity contribution in [3.8, 4) is 52.0 Å². The smallest absolute Gasteiger partial charge is 0.870 e. The van der Waals surface area contributed by atoms with Crippen LogP contribution in [-0.4, -0.2) is 46.4 Å². The number of nitrogen functional groups attached to an aromatic ring is 1. The summed E-state index contributed by atoms with van der Waals surface area (Å²) in [7, 11) is 0. The van der Waals surface area contributed by atoms with Crippen molar-refractivity contribution in [2.75, 3.05) is 16.4 Å². The molecule has 0 atom stereocenters. The maximum Gasteiger partial charge on any atom is 1.00 e. The average molecular weight is 1250 g/mol. The van der Waals surface area contributed by atoms with Gasteiger partial charge in [-0.25, -0.2) is 0 Å². The number of carbonyl (C=O) groups excluding carboxylic acids is 2. The fraction of sp³-hybridized carbons (Fsp3) is 0.127. The van der Waals surface area contributed by atoms with E-state index >= 15 is 0 Å². The van der Waals surface area contributed by atoms with Crippen LogP contribution in [0.1, 0.15) is 74.9 Å². The van der Waals surface area contributed by atoms with Crippen LogP contribution < -0.4 is 57.0 Å². The van der Waals surface area contributed by atoms with E-state index in [2.05, 4.69) is 118 Å². The van der Waals surface area contributed by atoms with E-state index in [0.717, 1.165) is 109 Å². The van der Waals surface area contributed by atoms with Gasteiger partial charge in [0.2, 0.25) is 0 Å². The largest absolute Gasteiger partial charge is 1.00 e. The van der Waals surface area contributed by atoms with Gasteiger partial charge in [-0.1, -0.05) is 109 Å². The predicted octanol–water partition coefficient (Wildman–Crippen LogP) is 12.6. The number of nitrogens with two attached hydrogens (primary N) is 2. The molecule has 3 aromatic heterocycles. The molecule has 11 aromatic rings. The standard InChI is InChI=1S/C26H22N4OS.C19H18N4S.C18H17N3.C8H5NOS.Na.H2O/c1-3-30-23-14-17(2)12-13-21(23)22(16-27)24(30)19-10-7-11-20(15-19)28-26(32)29-25(31)18-8-5-4-6-9-18;1-3-23-17-9-12(2)7-8-15(17)16(11-20)18(23)13-5-4-6-14(10-13)22-19(21)24;1-3-21-17-9-12(2)7-8-15(17)16(11-19)18(21)13-5-4-6-14(20)10-13;10-8(9-6-11)7-4-2-1-3-5-7;;/h4-15H,3H2,1-2H3,(H2,28,29,31,32);4-10H,3H2,1-2H3,(H3,21,22,24);4-10H,3,20H2,1-2H3;1-5H;;1H2/q;;;;+1;/p-1. The molecule has 8 aromatic carbocycles. The zero-order valence-electron chi connectivity index (χ0n) is 50.8. The second-order valence-electron chi connectivity index (χ2n) is 20.2. The fourth-order valence-corrected chi connectivity index (χ4v) is 10.9. The van der Waals surface area contributed by atoms with E-state index in [1.807, 2.05) is 133 Å². The van der Waals surface area contributed by atoms with Gasteiger partial charge in [0.1, 0.15) is 18.2 Å².